The molecule has 2 heterocycles. The molecule has 0 radical (unpaired) electrons. The Bertz CT molecular complexity index is 1330. The number of nitrogens with zero attached hydrogens (tertiary/aromatic N) is 2. The van der Waals surface area contributed by atoms with E-state index in [9.17, 15) is 4.79 Å². The maximum Gasteiger partial charge on any atom is 0.251 e. The van der Waals surface area contributed by atoms with E-state index < -0.39 is 0 Å². The van der Waals surface area contributed by atoms with Gasteiger partial charge in [-0.25, -0.2) is 0 Å². The van der Waals surface area contributed by atoms with E-state index in [1.165, 1.54) is 11.1 Å². The fourth-order valence-corrected chi connectivity index (χ4v) is 5.00. The highest BCUT2D eigenvalue weighted by Crippen LogP contribution is 2.41. The average Bonchev–Trinajstić information content (AvgIpc) is 3.66. The molecule has 2 atom stereocenters. The third-order valence-corrected chi connectivity index (χ3v) is 7.19. The third-order valence-electron chi connectivity index (χ3n) is 7.19. The van der Waals surface area contributed by atoms with Crippen molar-refractivity contribution < 1.29 is 9.53 Å². The molecule has 2 aliphatic rings. The van der Waals surface area contributed by atoms with Gasteiger partial charge in [-0.1, -0.05) is 54.6 Å². The number of H-pyrrole nitrogens is 1. The lowest BCUT2D eigenvalue weighted by Crippen LogP contribution is -2.35. The molecule has 2 N–H and O–H groups in total. The zero-order valence-electron chi connectivity index (χ0n) is 19.9. The number of fused-ring (bicyclic) bond motifs is 1. The monoisotopic (exact) mass is 466 g/mol. The molecule has 1 amide bonds. The minimum Gasteiger partial charge on any atom is -0.371 e. The molecule has 2 fully saturated rings. The number of aromatic amines is 1. The summed E-state index contributed by atoms with van der Waals surface area (Å²) in [5, 5.41) is 11.9. The number of morpholine rings is 1. The number of ether oxygens (including phenoxy) is 1. The van der Waals surface area contributed by atoms with Crippen molar-refractivity contribution in [1.29, 1.82) is 0 Å². The van der Waals surface area contributed by atoms with Crippen LogP contribution in [0.2, 0.25) is 0 Å². The first-order valence-electron chi connectivity index (χ1n) is 12.4. The molecule has 6 nitrogen and oxygen atoms in total. The Morgan fingerprint density at radius 2 is 1.89 bits per heavy atom. The van der Waals surface area contributed by atoms with Crippen LogP contribution < -0.4 is 5.32 Å². The van der Waals surface area contributed by atoms with Crippen LogP contribution >= 0.6 is 0 Å². The van der Waals surface area contributed by atoms with Crippen molar-refractivity contribution in [1.82, 2.24) is 20.4 Å². The van der Waals surface area contributed by atoms with E-state index in [4.69, 9.17) is 4.74 Å². The summed E-state index contributed by atoms with van der Waals surface area (Å²) in [5.41, 5.74) is 5.78. The van der Waals surface area contributed by atoms with Gasteiger partial charge < -0.3 is 15.0 Å². The summed E-state index contributed by atoms with van der Waals surface area (Å²) in [6, 6.07) is 24.5. The minimum atomic E-state index is -0.0475. The van der Waals surface area contributed by atoms with Crippen LogP contribution in [0.15, 0.2) is 72.8 Å². The summed E-state index contributed by atoms with van der Waals surface area (Å²) in [7, 11) is 2.13. The fraction of sp³-hybridized carbons (Fsp3) is 0.310. The smallest absolute Gasteiger partial charge is 0.251 e. The van der Waals surface area contributed by atoms with E-state index in [1.54, 1.807) is 0 Å². The van der Waals surface area contributed by atoms with Gasteiger partial charge in [0.25, 0.3) is 5.91 Å². The van der Waals surface area contributed by atoms with E-state index in [1.807, 2.05) is 36.4 Å². The lowest BCUT2D eigenvalue weighted by molar-refractivity contribution is -0.0208. The van der Waals surface area contributed by atoms with Gasteiger partial charge in [-0.15, -0.1) is 0 Å². The van der Waals surface area contributed by atoms with Crippen LogP contribution in [-0.4, -0.2) is 47.7 Å². The Morgan fingerprint density at radius 1 is 1.09 bits per heavy atom. The maximum atomic E-state index is 13.3. The highest BCUT2D eigenvalue weighted by molar-refractivity contribution is 6.01. The predicted octanol–water partition coefficient (Wildman–Crippen LogP) is 5.11. The van der Waals surface area contributed by atoms with Crippen molar-refractivity contribution >= 4 is 16.8 Å². The molecule has 0 bridgehead atoms. The summed E-state index contributed by atoms with van der Waals surface area (Å²) in [6.07, 6.45) is 2.41. The van der Waals surface area contributed by atoms with Gasteiger partial charge in [-0.05, 0) is 55.1 Å². The third kappa shape index (κ3) is 4.59. The van der Waals surface area contributed by atoms with Gasteiger partial charge in [0.1, 0.15) is 0 Å². The number of nitrogens with one attached hydrogen (secondary N) is 2. The lowest BCUT2D eigenvalue weighted by atomic mass is 10.0. The first-order valence-corrected chi connectivity index (χ1v) is 12.4. The number of likely N-dealkylation sites (N-methyl/N-ethyl adjacent to an activating group) is 1. The molecule has 0 spiro atoms. The molecule has 1 saturated heterocycles. The van der Waals surface area contributed by atoms with E-state index in [0.29, 0.717) is 11.5 Å². The van der Waals surface area contributed by atoms with Gasteiger partial charge in [0.15, 0.2) is 0 Å². The van der Waals surface area contributed by atoms with Crippen molar-refractivity contribution in [2.75, 3.05) is 26.7 Å². The van der Waals surface area contributed by atoms with Crippen molar-refractivity contribution in [2.45, 2.75) is 25.0 Å². The first kappa shape index (κ1) is 22.0. The fourth-order valence-electron chi connectivity index (χ4n) is 5.00. The SMILES string of the molecule is CN1CCOC(c2ccc(-c3n[nH]c4ccc(C(=O)NC(c5ccccc5)C5CC5)cc34)cc2)C1. The molecule has 1 aliphatic carbocycles. The molecular weight excluding hydrogens is 436 g/mol. The van der Waals surface area contributed by atoms with Gasteiger partial charge in [0, 0.05) is 29.6 Å². The van der Waals surface area contributed by atoms with Gasteiger partial charge >= 0.3 is 0 Å². The molecule has 1 aromatic heterocycles. The van der Waals surface area contributed by atoms with E-state index in [-0.39, 0.29) is 18.1 Å². The normalized spacial score (nSPS) is 19.5. The summed E-state index contributed by atoms with van der Waals surface area (Å²) < 4.78 is 5.95. The largest absolute Gasteiger partial charge is 0.371 e. The van der Waals surface area contributed by atoms with Gasteiger partial charge in [0.05, 0.1) is 30.0 Å². The number of rotatable bonds is 6. The standard InChI is InChI=1S/C29H30N4O2/c1-33-15-16-35-26(18-33)19-7-9-22(10-8-19)28-24-17-23(13-14-25(24)31-32-28)29(34)30-27(21-11-12-21)20-5-3-2-4-6-20/h2-10,13-14,17,21,26-27H,11-12,15-16,18H2,1H3,(H,30,34)(H,31,32). The molecule has 3 aromatic carbocycles. The van der Waals surface area contributed by atoms with Crippen LogP contribution in [0.1, 0.15) is 46.5 Å². The van der Waals surface area contributed by atoms with Crippen LogP contribution in [0.25, 0.3) is 22.2 Å². The molecule has 35 heavy (non-hydrogen) atoms. The number of carbonyl (C=O) groups excluding carboxylic acids is 1. The van der Waals surface area contributed by atoms with Crippen molar-refractivity contribution in [3.63, 3.8) is 0 Å². The second kappa shape index (κ2) is 9.29. The zero-order chi connectivity index (χ0) is 23.8. The molecule has 1 aliphatic heterocycles. The highest BCUT2D eigenvalue weighted by Gasteiger charge is 2.33. The summed E-state index contributed by atoms with van der Waals surface area (Å²) in [6.45, 7) is 2.62. The Labute approximate surface area is 205 Å². The van der Waals surface area contributed by atoms with Gasteiger partial charge in [-0.3, -0.25) is 9.89 Å². The maximum absolute atomic E-state index is 13.3. The Balaban J connectivity index is 1.25. The Kier molecular flexibility index (Phi) is 5.84. The van der Waals surface area contributed by atoms with E-state index >= 15 is 0 Å². The first-order chi connectivity index (χ1) is 17.2. The Hall–Kier alpha value is -3.48. The quantitative estimate of drug-likeness (QED) is 0.414. The molecule has 6 rings (SSSR count). The van der Waals surface area contributed by atoms with Crippen molar-refractivity contribution in [3.8, 4) is 11.3 Å². The number of benzene rings is 3. The number of hydrogen-bond donors (Lipinski definition) is 2. The lowest BCUT2D eigenvalue weighted by Gasteiger charge is -2.30. The van der Waals surface area contributed by atoms with E-state index in [2.05, 4.69) is 63.9 Å². The topological polar surface area (TPSA) is 70.2 Å². The van der Waals surface area contributed by atoms with Gasteiger partial charge in [-0.2, -0.15) is 5.10 Å². The second-order valence-corrected chi connectivity index (χ2v) is 9.78. The van der Waals surface area contributed by atoms with Crippen molar-refractivity contribution in [3.05, 3.63) is 89.5 Å². The number of amides is 1. The Morgan fingerprint density at radius 3 is 2.63 bits per heavy atom. The highest BCUT2D eigenvalue weighted by atomic mass is 16.5. The predicted molar refractivity (Wildman–Crippen MR) is 137 cm³/mol. The summed E-state index contributed by atoms with van der Waals surface area (Å²) in [5.74, 6) is 0.467. The minimum absolute atomic E-state index is 0.0475. The number of aromatic nitrogens is 2. The van der Waals surface area contributed by atoms with Crippen LogP contribution in [0, 0.1) is 5.92 Å². The molecule has 4 aromatic rings. The summed E-state index contributed by atoms with van der Waals surface area (Å²) >= 11 is 0. The second-order valence-electron chi connectivity index (χ2n) is 9.78. The molecule has 1 saturated carbocycles. The zero-order valence-corrected chi connectivity index (χ0v) is 19.9. The number of hydrogen-bond acceptors (Lipinski definition) is 4. The van der Waals surface area contributed by atoms with Crippen LogP contribution in [-0.2, 0) is 4.74 Å². The van der Waals surface area contributed by atoms with Crippen LogP contribution in [0.5, 0.6) is 0 Å². The van der Waals surface area contributed by atoms with Crippen LogP contribution in [0.3, 0.4) is 0 Å². The van der Waals surface area contributed by atoms with Crippen LogP contribution in [0.4, 0.5) is 0 Å². The van der Waals surface area contributed by atoms with Gasteiger partial charge in [0.2, 0.25) is 0 Å². The van der Waals surface area contributed by atoms with Crippen molar-refractivity contribution in [2.24, 2.45) is 5.92 Å². The number of carbonyl (C=O) groups is 1. The average molecular weight is 467 g/mol. The molecule has 6 heteroatoms. The molecular formula is C29H30N4O2. The molecule has 2 unspecified atom stereocenters. The van der Waals surface area contributed by atoms with E-state index in [0.717, 1.165) is 54.7 Å². The summed E-state index contributed by atoms with van der Waals surface area (Å²) in [4.78, 5) is 15.6. The molecule has 178 valence electrons.